The SMILES string of the molecule is [B]N1CCC(C)(N2CCC(N[C@@H](CN)c3ccccn3)CC2)CC1. The van der Waals surface area contributed by atoms with E-state index in [-0.39, 0.29) is 6.04 Å². The number of piperidine rings is 2. The summed E-state index contributed by atoms with van der Waals surface area (Å²) in [5.41, 5.74) is 7.33. The zero-order chi connectivity index (χ0) is 17.0. The fourth-order valence-corrected chi connectivity index (χ4v) is 4.05. The van der Waals surface area contributed by atoms with Crippen molar-refractivity contribution in [3.63, 3.8) is 0 Å². The summed E-state index contributed by atoms with van der Waals surface area (Å²) >= 11 is 0. The number of hydrogen-bond acceptors (Lipinski definition) is 5. The number of nitrogens with two attached hydrogens (primary N) is 1. The van der Waals surface area contributed by atoms with Crippen LogP contribution in [0.25, 0.3) is 0 Å². The molecule has 1 atom stereocenters. The van der Waals surface area contributed by atoms with E-state index < -0.39 is 0 Å². The lowest BCUT2D eigenvalue weighted by atomic mass is 9.84. The smallest absolute Gasteiger partial charge is 0.182 e. The molecule has 0 spiro atoms. The molecule has 130 valence electrons. The van der Waals surface area contributed by atoms with Crippen molar-refractivity contribution in [1.82, 2.24) is 20.0 Å². The lowest BCUT2D eigenvalue weighted by Crippen LogP contribution is -2.57. The molecule has 0 aromatic carbocycles. The molecule has 6 heteroatoms. The van der Waals surface area contributed by atoms with Crippen LogP contribution in [0.2, 0.25) is 0 Å². The van der Waals surface area contributed by atoms with Crippen molar-refractivity contribution in [3.05, 3.63) is 30.1 Å². The molecule has 1 aromatic heterocycles. The van der Waals surface area contributed by atoms with Gasteiger partial charge in [-0.25, -0.2) is 0 Å². The third kappa shape index (κ3) is 4.17. The Kier molecular flexibility index (Phi) is 5.92. The fourth-order valence-electron chi connectivity index (χ4n) is 4.05. The maximum absolute atomic E-state index is 5.97. The van der Waals surface area contributed by atoms with Gasteiger partial charge in [0.2, 0.25) is 0 Å². The van der Waals surface area contributed by atoms with E-state index in [0.717, 1.165) is 31.9 Å². The molecule has 5 nitrogen and oxygen atoms in total. The zero-order valence-corrected chi connectivity index (χ0v) is 14.8. The minimum absolute atomic E-state index is 0.152. The highest BCUT2D eigenvalue weighted by molar-refractivity contribution is 6.04. The first-order valence-electron chi connectivity index (χ1n) is 9.22. The van der Waals surface area contributed by atoms with Gasteiger partial charge in [-0.2, -0.15) is 0 Å². The van der Waals surface area contributed by atoms with E-state index >= 15 is 0 Å². The Hall–Kier alpha value is -0.945. The molecule has 2 saturated heterocycles. The molecule has 0 bridgehead atoms. The van der Waals surface area contributed by atoms with Crippen molar-refractivity contribution in [2.45, 2.75) is 50.2 Å². The van der Waals surface area contributed by atoms with Gasteiger partial charge in [-0.05, 0) is 57.8 Å². The molecule has 24 heavy (non-hydrogen) atoms. The molecule has 0 aliphatic carbocycles. The van der Waals surface area contributed by atoms with E-state index in [1.165, 1.54) is 25.7 Å². The number of pyridine rings is 1. The Balaban J connectivity index is 1.51. The molecule has 0 saturated carbocycles. The summed E-state index contributed by atoms with van der Waals surface area (Å²) in [7, 11) is 5.92. The number of hydrogen-bond donors (Lipinski definition) is 2. The fraction of sp³-hybridized carbons (Fsp3) is 0.722. The molecule has 3 heterocycles. The van der Waals surface area contributed by atoms with Crippen LogP contribution in [0.15, 0.2) is 24.4 Å². The Labute approximate surface area is 147 Å². The second-order valence-electron chi connectivity index (χ2n) is 7.50. The van der Waals surface area contributed by atoms with Crippen molar-refractivity contribution in [2.75, 3.05) is 32.7 Å². The van der Waals surface area contributed by atoms with Gasteiger partial charge in [0, 0.05) is 37.4 Å². The maximum Gasteiger partial charge on any atom is 0.182 e. The molecular formula is C18H30BN5. The average molecular weight is 327 g/mol. The Morgan fingerprint density at radius 2 is 2.00 bits per heavy atom. The van der Waals surface area contributed by atoms with E-state index in [1.54, 1.807) is 0 Å². The van der Waals surface area contributed by atoms with E-state index in [2.05, 4.69) is 28.2 Å². The highest BCUT2D eigenvalue weighted by Gasteiger charge is 2.36. The topological polar surface area (TPSA) is 57.4 Å². The van der Waals surface area contributed by atoms with E-state index in [1.807, 2.05) is 23.1 Å². The lowest BCUT2D eigenvalue weighted by Gasteiger charge is -2.49. The first kappa shape index (κ1) is 17.9. The van der Waals surface area contributed by atoms with Gasteiger partial charge in [0.05, 0.1) is 11.7 Å². The first-order chi connectivity index (χ1) is 11.6. The van der Waals surface area contributed by atoms with Crippen molar-refractivity contribution >= 4 is 7.98 Å². The largest absolute Gasteiger partial charge is 0.353 e. The summed E-state index contributed by atoms with van der Waals surface area (Å²) in [6.45, 7) is 7.30. The van der Waals surface area contributed by atoms with Crippen LogP contribution in [0.3, 0.4) is 0 Å². The molecule has 2 radical (unpaired) electrons. The number of nitrogens with zero attached hydrogens (tertiary/aromatic N) is 3. The van der Waals surface area contributed by atoms with E-state index in [0.29, 0.717) is 18.1 Å². The number of likely N-dealkylation sites (tertiary alicyclic amines) is 1. The highest BCUT2D eigenvalue weighted by Crippen LogP contribution is 2.30. The van der Waals surface area contributed by atoms with Crippen molar-refractivity contribution < 1.29 is 0 Å². The van der Waals surface area contributed by atoms with E-state index in [4.69, 9.17) is 13.7 Å². The molecule has 1 aromatic rings. The molecule has 2 fully saturated rings. The first-order valence-corrected chi connectivity index (χ1v) is 9.22. The summed E-state index contributed by atoms with van der Waals surface area (Å²) in [5.74, 6) is 0. The molecular weight excluding hydrogens is 297 g/mol. The van der Waals surface area contributed by atoms with Crippen LogP contribution >= 0.6 is 0 Å². The molecule has 2 aliphatic heterocycles. The minimum atomic E-state index is 0.152. The summed E-state index contributed by atoms with van der Waals surface area (Å²) in [6, 6.07) is 6.71. The lowest BCUT2D eigenvalue weighted by molar-refractivity contribution is 0.0305. The summed E-state index contributed by atoms with van der Waals surface area (Å²) in [6.07, 6.45) is 6.52. The second-order valence-corrected chi connectivity index (χ2v) is 7.50. The van der Waals surface area contributed by atoms with Crippen molar-refractivity contribution in [2.24, 2.45) is 5.73 Å². The molecule has 0 unspecified atom stereocenters. The minimum Gasteiger partial charge on any atom is -0.353 e. The third-order valence-electron chi connectivity index (χ3n) is 5.85. The van der Waals surface area contributed by atoms with Gasteiger partial charge in [-0.15, -0.1) is 0 Å². The average Bonchev–Trinajstić information content (AvgIpc) is 2.63. The Morgan fingerprint density at radius 3 is 2.58 bits per heavy atom. The Morgan fingerprint density at radius 1 is 1.29 bits per heavy atom. The van der Waals surface area contributed by atoms with Gasteiger partial charge in [0.25, 0.3) is 0 Å². The van der Waals surface area contributed by atoms with Gasteiger partial charge < -0.3 is 15.9 Å². The van der Waals surface area contributed by atoms with Crippen LogP contribution in [0.4, 0.5) is 0 Å². The van der Waals surface area contributed by atoms with Gasteiger partial charge in [0.15, 0.2) is 7.98 Å². The number of nitrogens with one attached hydrogen (secondary N) is 1. The standard InChI is InChI=1S/C18H30BN5/c1-18(7-12-24(19)13-8-18)23-10-5-15(6-11-23)22-17(14-20)16-4-2-3-9-21-16/h2-4,9,15,17,22H,5-8,10-14,20H2,1H3/t17-/m0/s1. The van der Waals surface area contributed by atoms with Gasteiger partial charge in [0.1, 0.15) is 0 Å². The molecule has 3 N–H and O–H groups in total. The van der Waals surface area contributed by atoms with Crippen LogP contribution in [-0.4, -0.2) is 67.0 Å². The third-order valence-corrected chi connectivity index (χ3v) is 5.85. The Bertz CT molecular complexity index is 495. The van der Waals surface area contributed by atoms with Crippen LogP contribution in [0, 0.1) is 0 Å². The summed E-state index contributed by atoms with van der Waals surface area (Å²) < 4.78 is 0. The maximum atomic E-state index is 5.97. The monoisotopic (exact) mass is 327 g/mol. The highest BCUT2D eigenvalue weighted by atomic mass is 15.2. The quantitative estimate of drug-likeness (QED) is 0.793. The summed E-state index contributed by atoms with van der Waals surface area (Å²) in [5, 5.41) is 3.72. The molecule has 0 amide bonds. The van der Waals surface area contributed by atoms with E-state index in [9.17, 15) is 0 Å². The zero-order valence-electron chi connectivity index (χ0n) is 14.8. The second kappa shape index (κ2) is 7.96. The van der Waals surface area contributed by atoms with Crippen LogP contribution < -0.4 is 11.1 Å². The van der Waals surface area contributed by atoms with Gasteiger partial charge in [-0.1, -0.05) is 6.07 Å². The number of aromatic nitrogens is 1. The summed E-state index contributed by atoms with van der Waals surface area (Å²) in [4.78, 5) is 9.08. The predicted molar refractivity (Wildman–Crippen MR) is 98.7 cm³/mol. The van der Waals surface area contributed by atoms with Crippen molar-refractivity contribution in [3.8, 4) is 0 Å². The van der Waals surface area contributed by atoms with Crippen molar-refractivity contribution in [1.29, 1.82) is 0 Å². The normalized spacial score (nSPS) is 24.8. The van der Waals surface area contributed by atoms with Crippen LogP contribution in [-0.2, 0) is 0 Å². The predicted octanol–water partition coefficient (Wildman–Crippen LogP) is 1.07. The number of rotatable bonds is 5. The molecule has 2 aliphatic rings. The van der Waals surface area contributed by atoms with Gasteiger partial charge >= 0.3 is 0 Å². The van der Waals surface area contributed by atoms with Gasteiger partial charge in [-0.3, -0.25) is 9.88 Å². The van der Waals surface area contributed by atoms with Crippen LogP contribution in [0.1, 0.15) is 44.3 Å². The molecule has 3 rings (SSSR count). The van der Waals surface area contributed by atoms with Crippen LogP contribution in [0.5, 0.6) is 0 Å².